The largest absolute Gasteiger partial charge is 0.422 e. The number of cyclic esters (lactones) is 1. The predicted molar refractivity (Wildman–Crippen MR) is 99.7 cm³/mol. The van der Waals surface area contributed by atoms with Crippen molar-refractivity contribution in [2.24, 2.45) is 0 Å². The zero-order chi connectivity index (χ0) is 17.9. The second-order valence-electron chi connectivity index (χ2n) is 6.10. The monoisotopic (exact) mass is 340 g/mol. The normalized spacial score (nSPS) is 14.5. The summed E-state index contributed by atoms with van der Waals surface area (Å²) in [6, 6.07) is 25.9. The van der Waals surface area contributed by atoms with Gasteiger partial charge in [0, 0.05) is 23.1 Å². The fraction of sp³-hybridized carbons (Fsp3) is 0.0435. The molecule has 0 radical (unpaired) electrons. The van der Waals surface area contributed by atoms with Gasteiger partial charge in [0.05, 0.1) is 5.56 Å². The molecule has 3 aromatic rings. The van der Waals surface area contributed by atoms with Crippen LogP contribution in [0.3, 0.4) is 0 Å². The Bertz CT molecular complexity index is 1000. The van der Waals surface area contributed by atoms with E-state index in [-0.39, 0.29) is 5.78 Å². The van der Waals surface area contributed by atoms with Gasteiger partial charge in [-0.3, -0.25) is 4.79 Å². The summed E-state index contributed by atoms with van der Waals surface area (Å²) >= 11 is 0. The van der Waals surface area contributed by atoms with Crippen LogP contribution in [0.25, 0.3) is 5.76 Å². The second kappa shape index (κ2) is 6.81. The van der Waals surface area contributed by atoms with E-state index in [9.17, 15) is 9.59 Å². The van der Waals surface area contributed by atoms with Gasteiger partial charge in [0.1, 0.15) is 5.76 Å². The highest BCUT2D eigenvalue weighted by molar-refractivity contribution is 6.16. The summed E-state index contributed by atoms with van der Waals surface area (Å²) in [5.41, 5.74) is 3.22. The minimum Gasteiger partial charge on any atom is -0.422 e. The van der Waals surface area contributed by atoms with Crippen molar-refractivity contribution in [3.8, 4) is 0 Å². The highest BCUT2D eigenvalue weighted by atomic mass is 16.5. The van der Waals surface area contributed by atoms with Crippen molar-refractivity contribution in [1.29, 1.82) is 0 Å². The number of benzene rings is 3. The van der Waals surface area contributed by atoms with Gasteiger partial charge in [-0.1, -0.05) is 78.9 Å². The minimum atomic E-state index is -0.415. The van der Waals surface area contributed by atoms with Crippen molar-refractivity contribution >= 4 is 17.5 Å². The molecule has 0 amide bonds. The fourth-order valence-corrected chi connectivity index (χ4v) is 3.11. The van der Waals surface area contributed by atoms with Crippen LogP contribution in [0.1, 0.15) is 31.8 Å². The van der Waals surface area contributed by atoms with E-state index in [4.69, 9.17) is 4.74 Å². The Balaban J connectivity index is 1.86. The third kappa shape index (κ3) is 2.95. The standard InChI is InChI=1S/C23H16O3/c24-21(17-11-5-2-6-12-17)20(15-16-9-3-1-4-10-16)22-18-13-7-8-14-19(18)23(25)26-22/h1-14H,15H2/b22-20-. The number of carbonyl (C=O) groups excluding carboxylic acids is 2. The average Bonchev–Trinajstić information content (AvgIpc) is 3.04. The Morgan fingerprint density at radius 3 is 2.00 bits per heavy atom. The Labute approximate surface area is 151 Å². The molecule has 1 aliphatic heterocycles. The van der Waals surface area contributed by atoms with E-state index in [2.05, 4.69) is 0 Å². The number of fused-ring (bicyclic) bond motifs is 1. The van der Waals surface area contributed by atoms with Crippen LogP contribution >= 0.6 is 0 Å². The van der Waals surface area contributed by atoms with Crippen LogP contribution in [-0.2, 0) is 11.2 Å². The van der Waals surface area contributed by atoms with Crippen molar-refractivity contribution in [2.45, 2.75) is 6.42 Å². The molecule has 0 bridgehead atoms. The maximum Gasteiger partial charge on any atom is 0.344 e. The molecule has 0 atom stereocenters. The van der Waals surface area contributed by atoms with Gasteiger partial charge >= 0.3 is 5.97 Å². The number of rotatable bonds is 4. The van der Waals surface area contributed by atoms with Crippen LogP contribution in [0.4, 0.5) is 0 Å². The van der Waals surface area contributed by atoms with Crippen molar-refractivity contribution in [3.63, 3.8) is 0 Å². The lowest BCUT2D eigenvalue weighted by atomic mass is 9.93. The van der Waals surface area contributed by atoms with Crippen LogP contribution in [0.15, 0.2) is 90.5 Å². The van der Waals surface area contributed by atoms with Gasteiger partial charge in [-0.25, -0.2) is 4.79 Å². The first kappa shape index (κ1) is 16.0. The summed E-state index contributed by atoms with van der Waals surface area (Å²) in [5, 5.41) is 0. The summed E-state index contributed by atoms with van der Waals surface area (Å²) in [6.07, 6.45) is 0.394. The van der Waals surface area contributed by atoms with Crippen molar-refractivity contribution in [3.05, 3.63) is 113 Å². The quantitative estimate of drug-likeness (QED) is 0.393. The van der Waals surface area contributed by atoms with Gasteiger partial charge in [-0.2, -0.15) is 0 Å². The molecule has 3 heteroatoms. The molecule has 0 saturated heterocycles. The van der Waals surface area contributed by atoms with Gasteiger partial charge in [0.2, 0.25) is 0 Å². The lowest BCUT2D eigenvalue weighted by Crippen LogP contribution is -2.09. The second-order valence-corrected chi connectivity index (χ2v) is 6.10. The molecule has 1 aliphatic rings. The Morgan fingerprint density at radius 2 is 1.31 bits per heavy atom. The summed E-state index contributed by atoms with van der Waals surface area (Å²) in [7, 11) is 0. The van der Waals surface area contributed by atoms with Crippen LogP contribution in [-0.4, -0.2) is 11.8 Å². The van der Waals surface area contributed by atoms with E-state index in [1.54, 1.807) is 24.3 Å². The molecule has 0 N–H and O–H groups in total. The van der Waals surface area contributed by atoms with Crippen molar-refractivity contribution in [1.82, 2.24) is 0 Å². The first-order chi connectivity index (χ1) is 12.7. The molecule has 0 aliphatic carbocycles. The van der Waals surface area contributed by atoms with Gasteiger partial charge in [-0.05, 0) is 11.6 Å². The molecule has 26 heavy (non-hydrogen) atoms. The molecule has 0 fully saturated rings. The van der Waals surface area contributed by atoms with Crippen molar-refractivity contribution in [2.75, 3.05) is 0 Å². The highest BCUT2D eigenvalue weighted by Crippen LogP contribution is 2.34. The smallest absolute Gasteiger partial charge is 0.344 e. The predicted octanol–water partition coefficient (Wildman–Crippen LogP) is 4.69. The molecular weight excluding hydrogens is 324 g/mol. The SMILES string of the molecule is O=C(/C(Cc1ccccc1)=C1\OC(=O)c2ccccc21)c1ccccc1. The summed E-state index contributed by atoms with van der Waals surface area (Å²) in [4.78, 5) is 25.4. The zero-order valence-corrected chi connectivity index (χ0v) is 14.0. The Hall–Kier alpha value is -3.46. The molecule has 1 heterocycles. The van der Waals surface area contributed by atoms with Gasteiger partial charge < -0.3 is 4.74 Å². The lowest BCUT2D eigenvalue weighted by molar-refractivity contribution is 0.0714. The van der Waals surface area contributed by atoms with Crippen LogP contribution in [0.5, 0.6) is 0 Å². The zero-order valence-electron chi connectivity index (χ0n) is 14.0. The number of Topliss-reactive ketones (excluding diaryl/α,β-unsaturated/α-hetero) is 1. The first-order valence-electron chi connectivity index (χ1n) is 8.42. The average molecular weight is 340 g/mol. The van der Waals surface area contributed by atoms with E-state index >= 15 is 0 Å². The van der Waals surface area contributed by atoms with Crippen LogP contribution in [0.2, 0.25) is 0 Å². The van der Waals surface area contributed by atoms with E-state index in [0.29, 0.717) is 34.4 Å². The number of esters is 1. The third-order valence-electron chi connectivity index (χ3n) is 4.39. The molecule has 0 saturated carbocycles. The molecule has 4 rings (SSSR count). The molecule has 3 nitrogen and oxygen atoms in total. The molecule has 0 aromatic heterocycles. The Kier molecular flexibility index (Phi) is 4.20. The van der Waals surface area contributed by atoms with Crippen LogP contribution < -0.4 is 0 Å². The van der Waals surface area contributed by atoms with E-state index in [1.165, 1.54) is 0 Å². The highest BCUT2D eigenvalue weighted by Gasteiger charge is 2.31. The summed E-state index contributed by atoms with van der Waals surface area (Å²) < 4.78 is 5.53. The van der Waals surface area contributed by atoms with Crippen LogP contribution in [0, 0.1) is 0 Å². The lowest BCUT2D eigenvalue weighted by Gasteiger charge is -2.11. The first-order valence-corrected chi connectivity index (χ1v) is 8.42. The molecular formula is C23H16O3. The van der Waals surface area contributed by atoms with Crippen molar-refractivity contribution < 1.29 is 14.3 Å². The third-order valence-corrected chi connectivity index (χ3v) is 4.39. The number of ether oxygens (including phenoxy) is 1. The minimum absolute atomic E-state index is 0.131. The number of hydrogen-bond acceptors (Lipinski definition) is 3. The van der Waals surface area contributed by atoms with E-state index in [0.717, 1.165) is 5.56 Å². The van der Waals surface area contributed by atoms with Gasteiger partial charge in [-0.15, -0.1) is 0 Å². The molecule has 0 spiro atoms. The van der Waals surface area contributed by atoms with Gasteiger partial charge in [0.25, 0.3) is 0 Å². The molecule has 126 valence electrons. The molecule has 0 unspecified atom stereocenters. The topological polar surface area (TPSA) is 43.4 Å². The number of hydrogen-bond donors (Lipinski definition) is 0. The van der Waals surface area contributed by atoms with Gasteiger partial charge in [0.15, 0.2) is 5.78 Å². The number of carbonyl (C=O) groups is 2. The molecule has 3 aromatic carbocycles. The fourth-order valence-electron chi connectivity index (χ4n) is 3.11. The van der Waals surface area contributed by atoms with E-state index in [1.807, 2.05) is 60.7 Å². The van der Waals surface area contributed by atoms with E-state index < -0.39 is 5.97 Å². The summed E-state index contributed by atoms with van der Waals surface area (Å²) in [6.45, 7) is 0. The Morgan fingerprint density at radius 1 is 0.731 bits per heavy atom. The number of allylic oxidation sites excluding steroid dienone is 1. The maximum absolute atomic E-state index is 13.2. The number of ketones is 1. The maximum atomic E-state index is 13.2. The summed E-state index contributed by atoms with van der Waals surface area (Å²) in [5.74, 6) is -0.181.